The summed E-state index contributed by atoms with van der Waals surface area (Å²) in [6.45, 7) is 2.96. The van der Waals surface area contributed by atoms with E-state index in [1.54, 1.807) is 17.5 Å². The third-order valence-electron chi connectivity index (χ3n) is 7.23. The smallest absolute Gasteiger partial charge is 0.266 e. The molecule has 2 fully saturated rings. The molecule has 1 aliphatic carbocycles. The Morgan fingerprint density at radius 2 is 2.03 bits per heavy atom. The van der Waals surface area contributed by atoms with E-state index >= 15 is 0 Å². The fourth-order valence-electron chi connectivity index (χ4n) is 5.07. The van der Waals surface area contributed by atoms with Gasteiger partial charge in [-0.05, 0) is 35.7 Å². The van der Waals surface area contributed by atoms with E-state index in [0.29, 0.717) is 51.5 Å². The summed E-state index contributed by atoms with van der Waals surface area (Å²) in [5, 5.41) is 8.04. The number of carbonyl (C=O) groups is 1. The van der Waals surface area contributed by atoms with Crippen molar-refractivity contribution in [1.29, 1.82) is 0 Å². The molecule has 3 aliphatic rings. The first-order valence-electron chi connectivity index (χ1n) is 12.4. The molecule has 1 saturated carbocycles. The lowest BCUT2D eigenvalue weighted by Gasteiger charge is -2.30. The molecule has 36 heavy (non-hydrogen) atoms. The fraction of sp³-hybridized carbons (Fsp3) is 0.370. The number of amides is 1. The molecule has 7 rings (SSSR count). The van der Waals surface area contributed by atoms with E-state index in [1.807, 2.05) is 35.4 Å². The van der Waals surface area contributed by atoms with Crippen molar-refractivity contribution in [3.63, 3.8) is 0 Å². The average Bonchev–Trinajstić information content (AvgIpc) is 3.31. The zero-order valence-electron chi connectivity index (χ0n) is 19.7. The number of rotatable bonds is 5. The molecule has 4 aromatic rings. The molecule has 1 amide bonds. The van der Waals surface area contributed by atoms with Crippen LogP contribution in [0.25, 0.3) is 21.3 Å². The Labute approximate surface area is 212 Å². The summed E-state index contributed by atoms with van der Waals surface area (Å²) in [6.07, 6.45) is 5.98. The predicted molar refractivity (Wildman–Crippen MR) is 136 cm³/mol. The Bertz CT molecular complexity index is 1420. The van der Waals surface area contributed by atoms with Crippen molar-refractivity contribution >= 4 is 27.5 Å². The molecular formula is C27H26N4O4S. The van der Waals surface area contributed by atoms with Crippen LogP contribution in [-0.4, -0.2) is 64.5 Å². The van der Waals surface area contributed by atoms with Crippen molar-refractivity contribution in [2.24, 2.45) is 0 Å². The molecule has 2 aliphatic heterocycles. The number of nitrogens with one attached hydrogen (secondary N) is 1. The highest BCUT2D eigenvalue weighted by Crippen LogP contribution is 2.46. The summed E-state index contributed by atoms with van der Waals surface area (Å²) in [5.74, 6) is 1.84. The van der Waals surface area contributed by atoms with Crippen LogP contribution in [0.15, 0.2) is 48.8 Å². The third-order valence-corrected chi connectivity index (χ3v) is 8.40. The molecule has 184 valence electrons. The minimum Gasteiger partial charge on any atom is -0.493 e. The van der Waals surface area contributed by atoms with Crippen molar-refractivity contribution in [2.75, 3.05) is 32.9 Å². The highest BCUT2D eigenvalue weighted by atomic mass is 32.1. The number of aromatic amines is 1. The molecule has 1 atom stereocenters. The summed E-state index contributed by atoms with van der Waals surface area (Å²) in [7, 11) is 0. The van der Waals surface area contributed by atoms with E-state index in [2.05, 4.69) is 22.3 Å². The van der Waals surface area contributed by atoms with Gasteiger partial charge < -0.3 is 19.1 Å². The molecule has 9 heteroatoms. The quantitative estimate of drug-likeness (QED) is 0.441. The standard InChI is InChI=1S/C27H26N4O4S/c32-26(31-7-9-33-10-8-31)27(5-6-27)35-22-12-18(20-14-28-29-15-20)13-23-24(22)30-25(36-23)19-11-17-3-1-2-4-21(17)34-16-19/h1-4,12-15,19H,5-11,16H2,(H,28,29). The van der Waals surface area contributed by atoms with E-state index in [0.717, 1.165) is 38.5 Å². The Morgan fingerprint density at radius 1 is 1.17 bits per heavy atom. The van der Waals surface area contributed by atoms with Crippen molar-refractivity contribution in [3.05, 3.63) is 59.4 Å². The Kier molecular flexibility index (Phi) is 5.21. The van der Waals surface area contributed by atoms with Crippen LogP contribution in [0.4, 0.5) is 0 Å². The van der Waals surface area contributed by atoms with Gasteiger partial charge in [0.15, 0.2) is 5.60 Å². The number of carbonyl (C=O) groups excluding carboxylic acids is 1. The van der Waals surface area contributed by atoms with Gasteiger partial charge in [0.1, 0.15) is 22.0 Å². The lowest BCUT2D eigenvalue weighted by Crippen LogP contribution is -2.48. The predicted octanol–water partition coefficient (Wildman–Crippen LogP) is 4.18. The van der Waals surface area contributed by atoms with Gasteiger partial charge in [-0.1, -0.05) is 18.2 Å². The van der Waals surface area contributed by atoms with E-state index in [-0.39, 0.29) is 11.8 Å². The van der Waals surface area contributed by atoms with Crippen molar-refractivity contribution in [1.82, 2.24) is 20.1 Å². The van der Waals surface area contributed by atoms with Gasteiger partial charge >= 0.3 is 0 Å². The fourth-order valence-corrected chi connectivity index (χ4v) is 6.18. The molecule has 8 nitrogen and oxygen atoms in total. The number of H-pyrrole nitrogens is 1. The van der Waals surface area contributed by atoms with Gasteiger partial charge in [-0.3, -0.25) is 9.89 Å². The second-order valence-corrected chi connectivity index (χ2v) is 10.7. The molecule has 0 radical (unpaired) electrons. The number of para-hydroxylation sites is 1. The molecule has 2 aromatic carbocycles. The van der Waals surface area contributed by atoms with Crippen LogP contribution < -0.4 is 9.47 Å². The number of hydrogen-bond donors (Lipinski definition) is 1. The molecular weight excluding hydrogens is 476 g/mol. The van der Waals surface area contributed by atoms with Gasteiger partial charge in [-0.15, -0.1) is 11.3 Å². The summed E-state index contributed by atoms with van der Waals surface area (Å²) in [6, 6.07) is 12.3. The van der Waals surface area contributed by atoms with Crippen LogP contribution in [0.2, 0.25) is 0 Å². The third kappa shape index (κ3) is 3.83. The van der Waals surface area contributed by atoms with Crippen LogP contribution >= 0.6 is 11.3 Å². The maximum atomic E-state index is 13.4. The average molecular weight is 503 g/mol. The van der Waals surface area contributed by atoms with Crippen LogP contribution in [0.3, 0.4) is 0 Å². The van der Waals surface area contributed by atoms with Crippen molar-refractivity contribution < 1.29 is 19.0 Å². The monoisotopic (exact) mass is 502 g/mol. The maximum absolute atomic E-state index is 13.4. The second-order valence-electron chi connectivity index (χ2n) is 9.68. The molecule has 1 saturated heterocycles. The Balaban J connectivity index is 1.25. The zero-order valence-corrected chi connectivity index (χ0v) is 20.6. The lowest BCUT2D eigenvalue weighted by molar-refractivity contribution is -0.144. The number of aromatic nitrogens is 3. The highest BCUT2D eigenvalue weighted by Gasteiger charge is 2.55. The van der Waals surface area contributed by atoms with Gasteiger partial charge in [0.2, 0.25) is 0 Å². The largest absolute Gasteiger partial charge is 0.493 e. The summed E-state index contributed by atoms with van der Waals surface area (Å²) >= 11 is 1.67. The number of hydrogen-bond acceptors (Lipinski definition) is 7. The second kappa shape index (κ2) is 8.60. The first kappa shape index (κ1) is 21.8. The number of benzene rings is 2. The van der Waals surface area contributed by atoms with Crippen molar-refractivity contribution in [2.45, 2.75) is 30.8 Å². The van der Waals surface area contributed by atoms with Gasteiger partial charge in [0.05, 0.1) is 30.7 Å². The minimum absolute atomic E-state index is 0.0559. The number of fused-ring (bicyclic) bond motifs is 2. The summed E-state index contributed by atoms with van der Waals surface area (Å²) < 4.78 is 19.1. The van der Waals surface area contributed by atoms with E-state index in [1.165, 1.54) is 5.56 Å². The first-order chi connectivity index (χ1) is 17.7. The summed E-state index contributed by atoms with van der Waals surface area (Å²) in [4.78, 5) is 20.3. The number of nitrogens with zero attached hydrogens (tertiary/aromatic N) is 3. The van der Waals surface area contributed by atoms with Crippen LogP contribution in [0, 0.1) is 0 Å². The Hall–Kier alpha value is -3.43. The zero-order chi connectivity index (χ0) is 24.1. The van der Waals surface area contributed by atoms with E-state index < -0.39 is 5.60 Å². The molecule has 0 bridgehead atoms. The van der Waals surface area contributed by atoms with E-state index in [9.17, 15) is 4.79 Å². The number of ether oxygens (including phenoxy) is 3. The minimum atomic E-state index is -0.810. The van der Waals surface area contributed by atoms with Crippen LogP contribution in [0.5, 0.6) is 11.5 Å². The highest BCUT2D eigenvalue weighted by molar-refractivity contribution is 7.18. The number of thiazole rings is 1. The summed E-state index contributed by atoms with van der Waals surface area (Å²) in [5.41, 5.74) is 3.16. The van der Waals surface area contributed by atoms with Gasteiger partial charge in [-0.2, -0.15) is 5.10 Å². The first-order valence-corrected chi connectivity index (χ1v) is 13.2. The van der Waals surface area contributed by atoms with E-state index in [4.69, 9.17) is 19.2 Å². The maximum Gasteiger partial charge on any atom is 0.266 e. The Morgan fingerprint density at radius 3 is 2.83 bits per heavy atom. The van der Waals surface area contributed by atoms with Gasteiger partial charge in [0.25, 0.3) is 5.91 Å². The topological polar surface area (TPSA) is 89.6 Å². The molecule has 2 aromatic heterocycles. The normalized spacial score (nSPS) is 20.6. The van der Waals surface area contributed by atoms with Crippen LogP contribution in [0.1, 0.15) is 29.3 Å². The van der Waals surface area contributed by atoms with Gasteiger partial charge in [0, 0.05) is 43.6 Å². The molecule has 4 heterocycles. The molecule has 1 unspecified atom stereocenters. The molecule has 0 spiro atoms. The molecule has 1 N–H and O–H groups in total. The SMILES string of the molecule is O=C(N1CCOCC1)C1(Oc2cc(-c3cn[nH]c3)cc3sc(C4COc5ccccc5C4)nc23)CC1. The van der Waals surface area contributed by atoms with Crippen LogP contribution in [-0.2, 0) is 16.0 Å². The van der Waals surface area contributed by atoms with Crippen molar-refractivity contribution in [3.8, 4) is 22.6 Å². The van der Waals surface area contributed by atoms with Gasteiger partial charge in [-0.25, -0.2) is 4.98 Å². The lowest BCUT2D eigenvalue weighted by atomic mass is 9.97. The number of morpholine rings is 1.